The molecule has 0 atom stereocenters. The Balaban J connectivity index is 1.36. The predicted molar refractivity (Wildman–Crippen MR) is 92.9 cm³/mol. The summed E-state index contributed by atoms with van der Waals surface area (Å²) >= 11 is 0. The monoisotopic (exact) mass is 354 g/mol. The summed E-state index contributed by atoms with van der Waals surface area (Å²) in [4.78, 5) is 12.1. The summed E-state index contributed by atoms with van der Waals surface area (Å²) in [7, 11) is 0. The lowest BCUT2D eigenvalue weighted by Gasteiger charge is -2.06. The van der Waals surface area contributed by atoms with Gasteiger partial charge in [0.1, 0.15) is 5.82 Å². The third-order valence-electron chi connectivity index (χ3n) is 3.77. The number of urea groups is 1. The molecule has 2 N–H and O–H groups in total. The molecule has 0 fully saturated rings. The number of benzene rings is 2. The maximum absolute atomic E-state index is 12.9. The van der Waals surface area contributed by atoms with E-state index in [-0.39, 0.29) is 12.6 Å². The van der Waals surface area contributed by atoms with Gasteiger partial charge < -0.3 is 14.8 Å². The minimum Gasteiger partial charge on any atom is -0.454 e. The van der Waals surface area contributed by atoms with Gasteiger partial charge in [-0.2, -0.15) is 5.10 Å². The van der Waals surface area contributed by atoms with Gasteiger partial charge in [-0.3, -0.25) is 10.00 Å². The van der Waals surface area contributed by atoms with Crippen LogP contribution in [0.2, 0.25) is 0 Å². The number of ether oxygens (including phenoxy) is 2. The maximum Gasteiger partial charge on any atom is 0.324 e. The van der Waals surface area contributed by atoms with Crippen molar-refractivity contribution in [3.8, 4) is 11.5 Å². The van der Waals surface area contributed by atoms with E-state index in [1.165, 1.54) is 12.1 Å². The van der Waals surface area contributed by atoms with Crippen molar-refractivity contribution in [2.75, 3.05) is 17.4 Å². The number of anilines is 2. The summed E-state index contributed by atoms with van der Waals surface area (Å²) in [5, 5.41) is 9.64. The second-order valence-electron chi connectivity index (χ2n) is 5.67. The Morgan fingerprint density at radius 1 is 1.08 bits per heavy atom. The molecule has 132 valence electrons. The third-order valence-corrected chi connectivity index (χ3v) is 3.77. The molecule has 0 bridgehead atoms. The fraction of sp³-hybridized carbons (Fsp3) is 0.111. The van der Waals surface area contributed by atoms with E-state index in [1.54, 1.807) is 47.3 Å². The Morgan fingerprint density at radius 2 is 1.88 bits per heavy atom. The van der Waals surface area contributed by atoms with Gasteiger partial charge >= 0.3 is 6.03 Å². The Labute approximate surface area is 148 Å². The quantitative estimate of drug-likeness (QED) is 0.752. The van der Waals surface area contributed by atoms with Crippen LogP contribution in [-0.2, 0) is 6.54 Å². The average Bonchev–Trinajstić information content (AvgIpc) is 3.25. The molecule has 1 aromatic heterocycles. The Morgan fingerprint density at radius 3 is 2.73 bits per heavy atom. The average molecular weight is 354 g/mol. The zero-order valence-corrected chi connectivity index (χ0v) is 13.6. The van der Waals surface area contributed by atoms with Crippen LogP contribution in [-0.4, -0.2) is 22.6 Å². The number of fused-ring (bicyclic) bond motifs is 1. The molecule has 0 unspecified atom stereocenters. The topological polar surface area (TPSA) is 77.4 Å². The first-order valence-electron chi connectivity index (χ1n) is 7.91. The molecule has 1 aliphatic heterocycles. The third kappa shape index (κ3) is 3.59. The SMILES string of the molecule is O=C(Nc1ccc2c(c1)OCO2)Nc1ccn(Cc2ccc(F)cc2)n1. The van der Waals surface area contributed by atoms with Gasteiger partial charge in [-0.25, -0.2) is 9.18 Å². The number of carbonyl (C=O) groups excluding carboxylic acids is 1. The summed E-state index contributed by atoms with van der Waals surface area (Å²) in [6.07, 6.45) is 1.74. The van der Waals surface area contributed by atoms with E-state index >= 15 is 0 Å². The molecule has 3 aromatic rings. The van der Waals surface area contributed by atoms with Gasteiger partial charge in [0.25, 0.3) is 0 Å². The molecule has 2 heterocycles. The van der Waals surface area contributed by atoms with Gasteiger partial charge in [-0.15, -0.1) is 0 Å². The molecule has 8 heteroatoms. The van der Waals surface area contributed by atoms with E-state index in [2.05, 4.69) is 15.7 Å². The van der Waals surface area contributed by atoms with Crippen LogP contribution >= 0.6 is 0 Å². The summed E-state index contributed by atoms with van der Waals surface area (Å²) < 4.78 is 25.1. The fourth-order valence-corrected chi connectivity index (χ4v) is 2.55. The van der Waals surface area contributed by atoms with Crippen molar-refractivity contribution in [1.82, 2.24) is 9.78 Å². The van der Waals surface area contributed by atoms with Crippen molar-refractivity contribution in [2.45, 2.75) is 6.54 Å². The van der Waals surface area contributed by atoms with E-state index in [1.807, 2.05) is 0 Å². The molecular weight excluding hydrogens is 339 g/mol. The lowest BCUT2D eigenvalue weighted by molar-refractivity contribution is 0.174. The second-order valence-corrected chi connectivity index (χ2v) is 5.67. The first-order chi connectivity index (χ1) is 12.7. The molecule has 2 amide bonds. The van der Waals surface area contributed by atoms with Crippen molar-refractivity contribution in [3.63, 3.8) is 0 Å². The number of amides is 2. The van der Waals surface area contributed by atoms with Crippen LogP contribution in [0.5, 0.6) is 11.5 Å². The Kier molecular flexibility index (Phi) is 4.14. The van der Waals surface area contributed by atoms with Crippen LogP contribution in [0.4, 0.5) is 20.7 Å². The highest BCUT2D eigenvalue weighted by Gasteiger charge is 2.14. The smallest absolute Gasteiger partial charge is 0.324 e. The zero-order chi connectivity index (χ0) is 17.9. The molecule has 0 radical (unpaired) electrons. The fourth-order valence-electron chi connectivity index (χ4n) is 2.55. The molecule has 0 saturated heterocycles. The summed E-state index contributed by atoms with van der Waals surface area (Å²) in [6, 6.07) is 12.6. The maximum atomic E-state index is 12.9. The van der Waals surface area contributed by atoms with Crippen molar-refractivity contribution in [1.29, 1.82) is 0 Å². The van der Waals surface area contributed by atoms with Crippen molar-refractivity contribution in [2.24, 2.45) is 0 Å². The van der Waals surface area contributed by atoms with E-state index < -0.39 is 6.03 Å². The largest absolute Gasteiger partial charge is 0.454 e. The van der Waals surface area contributed by atoms with Gasteiger partial charge in [-0.1, -0.05) is 12.1 Å². The van der Waals surface area contributed by atoms with Crippen LogP contribution in [0, 0.1) is 5.82 Å². The molecule has 0 spiro atoms. The highest BCUT2D eigenvalue weighted by atomic mass is 19.1. The van der Waals surface area contributed by atoms with Crippen molar-refractivity contribution < 1.29 is 18.7 Å². The van der Waals surface area contributed by atoms with E-state index in [4.69, 9.17) is 9.47 Å². The number of hydrogen-bond acceptors (Lipinski definition) is 4. The normalized spacial score (nSPS) is 12.0. The highest BCUT2D eigenvalue weighted by Crippen LogP contribution is 2.34. The number of carbonyl (C=O) groups is 1. The highest BCUT2D eigenvalue weighted by molar-refractivity contribution is 5.99. The van der Waals surface area contributed by atoms with E-state index in [9.17, 15) is 9.18 Å². The van der Waals surface area contributed by atoms with Gasteiger partial charge in [0.15, 0.2) is 17.3 Å². The lowest BCUT2D eigenvalue weighted by Crippen LogP contribution is -2.19. The molecule has 0 aliphatic carbocycles. The minimum atomic E-state index is -0.420. The zero-order valence-electron chi connectivity index (χ0n) is 13.6. The summed E-state index contributed by atoms with van der Waals surface area (Å²) in [5.41, 5.74) is 1.49. The summed E-state index contributed by atoms with van der Waals surface area (Å²) in [5.74, 6) is 1.36. The van der Waals surface area contributed by atoms with Gasteiger partial charge in [-0.05, 0) is 29.8 Å². The number of nitrogens with one attached hydrogen (secondary N) is 2. The number of rotatable bonds is 4. The minimum absolute atomic E-state index is 0.177. The van der Waals surface area contributed by atoms with Crippen LogP contribution in [0.1, 0.15) is 5.56 Å². The number of halogens is 1. The number of nitrogens with zero attached hydrogens (tertiary/aromatic N) is 2. The molecule has 7 nitrogen and oxygen atoms in total. The van der Waals surface area contributed by atoms with Crippen molar-refractivity contribution >= 4 is 17.5 Å². The van der Waals surface area contributed by atoms with E-state index in [0.717, 1.165) is 5.56 Å². The predicted octanol–water partition coefficient (Wildman–Crippen LogP) is 3.44. The molecule has 2 aromatic carbocycles. The Hall–Kier alpha value is -3.55. The first kappa shape index (κ1) is 15.9. The van der Waals surface area contributed by atoms with Gasteiger partial charge in [0.2, 0.25) is 6.79 Å². The molecule has 26 heavy (non-hydrogen) atoms. The van der Waals surface area contributed by atoms with Crippen molar-refractivity contribution in [3.05, 3.63) is 66.1 Å². The lowest BCUT2D eigenvalue weighted by atomic mass is 10.2. The van der Waals surface area contributed by atoms with Crippen LogP contribution in [0.3, 0.4) is 0 Å². The number of hydrogen-bond donors (Lipinski definition) is 2. The summed E-state index contributed by atoms with van der Waals surface area (Å²) in [6.45, 7) is 0.655. The van der Waals surface area contributed by atoms with Crippen LogP contribution in [0.25, 0.3) is 0 Å². The molecule has 1 aliphatic rings. The molecule has 4 rings (SSSR count). The first-order valence-corrected chi connectivity index (χ1v) is 7.91. The van der Waals surface area contributed by atoms with E-state index in [0.29, 0.717) is 29.5 Å². The molecule has 0 saturated carbocycles. The van der Waals surface area contributed by atoms with Crippen LogP contribution < -0.4 is 20.1 Å². The second kappa shape index (κ2) is 6.75. The standard InChI is InChI=1S/C18H15FN4O3/c19-13-3-1-12(2-4-13)10-23-8-7-17(22-23)21-18(24)20-14-5-6-15-16(9-14)26-11-25-15/h1-9H,10-11H2,(H2,20,21,22,24). The van der Waals surface area contributed by atoms with Gasteiger partial charge in [0, 0.05) is 24.0 Å². The molecular formula is C18H15FN4O3. The number of aromatic nitrogens is 2. The van der Waals surface area contributed by atoms with Gasteiger partial charge in [0.05, 0.1) is 6.54 Å². The van der Waals surface area contributed by atoms with Crippen LogP contribution in [0.15, 0.2) is 54.7 Å². The Bertz CT molecular complexity index is 940.